The van der Waals surface area contributed by atoms with Crippen LogP contribution in [0.5, 0.6) is 5.75 Å². The number of amides is 1. The zero-order chi connectivity index (χ0) is 16.4. The molecule has 1 fully saturated rings. The largest absolute Gasteiger partial charge is 0.483 e. The zero-order valence-electron chi connectivity index (χ0n) is 12.8. The highest BCUT2D eigenvalue weighted by atomic mass is 35.5. The fourth-order valence-corrected chi connectivity index (χ4v) is 2.94. The molecule has 1 saturated carbocycles. The molecule has 2 aromatic rings. The Kier molecular flexibility index (Phi) is 4.14. The first-order valence-electron chi connectivity index (χ1n) is 7.56. The first-order chi connectivity index (χ1) is 11.0. The summed E-state index contributed by atoms with van der Waals surface area (Å²) in [7, 11) is 0. The van der Waals surface area contributed by atoms with E-state index in [0.29, 0.717) is 10.8 Å². The van der Waals surface area contributed by atoms with Crippen molar-refractivity contribution in [2.24, 2.45) is 5.92 Å². The van der Waals surface area contributed by atoms with Crippen LogP contribution in [0, 0.1) is 17.2 Å². The monoisotopic (exact) mass is 328 g/mol. The highest BCUT2D eigenvalue weighted by molar-refractivity contribution is 6.35. The van der Waals surface area contributed by atoms with E-state index >= 15 is 0 Å². The van der Waals surface area contributed by atoms with Crippen molar-refractivity contribution < 1.29 is 9.53 Å². The standard InChI is InChI=1S/C18H17ClN2O2/c1-18(11-20,12-6-7-12)21-17(22)10-23-16-9-8-15(19)13-4-2-3-5-14(13)16/h2-5,8-9,12H,6-7,10H2,1H3,(H,21,22)/t18-/m1/s1. The van der Waals surface area contributed by atoms with E-state index in [-0.39, 0.29) is 18.4 Å². The topological polar surface area (TPSA) is 62.1 Å². The van der Waals surface area contributed by atoms with Crippen LogP contribution in [-0.4, -0.2) is 18.1 Å². The number of carbonyl (C=O) groups is 1. The van der Waals surface area contributed by atoms with Crippen molar-refractivity contribution in [3.8, 4) is 11.8 Å². The van der Waals surface area contributed by atoms with E-state index in [1.807, 2.05) is 24.3 Å². The van der Waals surface area contributed by atoms with Crippen LogP contribution in [0.15, 0.2) is 36.4 Å². The Labute approximate surface area is 140 Å². The van der Waals surface area contributed by atoms with Gasteiger partial charge in [-0.25, -0.2) is 0 Å². The van der Waals surface area contributed by atoms with Crippen LogP contribution >= 0.6 is 11.6 Å². The van der Waals surface area contributed by atoms with Crippen LogP contribution in [0.2, 0.25) is 5.02 Å². The van der Waals surface area contributed by atoms with Crippen LogP contribution in [-0.2, 0) is 4.79 Å². The molecule has 0 heterocycles. The van der Waals surface area contributed by atoms with E-state index in [9.17, 15) is 10.1 Å². The number of fused-ring (bicyclic) bond motifs is 1. The first-order valence-corrected chi connectivity index (χ1v) is 7.93. The fourth-order valence-electron chi connectivity index (χ4n) is 2.71. The summed E-state index contributed by atoms with van der Waals surface area (Å²) in [5.41, 5.74) is -0.803. The quantitative estimate of drug-likeness (QED) is 0.910. The lowest BCUT2D eigenvalue weighted by molar-refractivity contribution is -0.124. The lowest BCUT2D eigenvalue weighted by Crippen LogP contribution is -2.48. The van der Waals surface area contributed by atoms with E-state index in [0.717, 1.165) is 23.6 Å². The van der Waals surface area contributed by atoms with Crippen LogP contribution in [0.25, 0.3) is 10.8 Å². The molecule has 23 heavy (non-hydrogen) atoms. The van der Waals surface area contributed by atoms with Crippen molar-refractivity contribution >= 4 is 28.3 Å². The Bertz CT molecular complexity index is 795. The third kappa shape index (κ3) is 3.25. The van der Waals surface area contributed by atoms with Crippen molar-refractivity contribution in [2.45, 2.75) is 25.3 Å². The van der Waals surface area contributed by atoms with Gasteiger partial charge in [0.2, 0.25) is 0 Å². The average Bonchev–Trinajstić information content (AvgIpc) is 3.40. The Hall–Kier alpha value is -2.25. The van der Waals surface area contributed by atoms with Crippen molar-refractivity contribution in [1.29, 1.82) is 5.26 Å². The van der Waals surface area contributed by atoms with Gasteiger partial charge in [0.15, 0.2) is 6.61 Å². The van der Waals surface area contributed by atoms with E-state index in [1.54, 1.807) is 19.1 Å². The zero-order valence-corrected chi connectivity index (χ0v) is 13.6. The summed E-state index contributed by atoms with van der Waals surface area (Å²) in [6, 6.07) is 13.3. The maximum Gasteiger partial charge on any atom is 0.259 e. The molecule has 1 aliphatic carbocycles. The smallest absolute Gasteiger partial charge is 0.259 e. The van der Waals surface area contributed by atoms with Gasteiger partial charge in [-0.1, -0.05) is 35.9 Å². The molecule has 0 aromatic heterocycles. The molecule has 5 heteroatoms. The third-order valence-corrected chi connectivity index (χ3v) is 4.54. The lowest BCUT2D eigenvalue weighted by atomic mass is 9.98. The van der Waals surface area contributed by atoms with E-state index in [4.69, 9.17) is 16.3 Å². The second-order valence-electron chi connectivity index (χ2n) is 6.02. The summed E-state index contributed by atoms with van der Waals surface area (Å²) in [6.45, 7) is 1.63. The van der Waals surface area contributed by atoms with E-state index in [2.05, 4.69) is 11.4 Å². The van der Waals surface area contributed by atoms with Gasteiger partial charge in [0, 0.05) is 15.8 Å². The molecule has 2 aromatic carbocycles. The molecule has 118 valence electrons. The first kappa shape index (κ1) is 15.6. The van der Waals surface area contributed by atoms with E-state index < -0.39 is 5.54 Å². The number of hydrogen-bond acceptors (Lipinski definition) is 3. The minimum absolute atomic E-state index is 0.129. The summed E-state index contributed by atoms with van der Waals surface area (Å²) in [6.07, 6.45) is 1.96. The van der Waals surface area contributed by atoms with Gasteiger partial charge in [0.1, 0.15) is 11.3 Å². The molecule has 0 aliphatic heterocycles. The molecule has 1 N–H and O–H groups in total. The number of ether oxygens (including phenoxy) is 1. The molecule has 1 aliphatic rings. The second kappa shape index (κ2) is 6.10. The van der Waals surface area contributed by atoms with Gasteiger partial charge in [-0.3, -0.25) is 4.79 Å². The minimum Gasteiger partial charge on any atom is -0.483 e. The van der Waals surface area contributed by atoms with Gasteiger partial charge in [0.25, 0.3) is 5.91 Å². The molecular weight excluding hydrogens is 312 g/mol. The number of hydrogen-bond donors (Lipinski definition) is 1. The molecule has 0 unspecified atom stereocenters. The maximum absolute atomic E-state index is 12.1. The SMILES string of the molecule is C[C@](C#N)(NC(=O)COc1ccc(Cl)c2ccccc12)C1CC1. The summed E-state index contributed by atoms with van der Waals surface area (Å²) in [5, 5.41) is 14.4. The Morgan fingerprint density at radius 3 is 2.70 bits per heavy atom. The number of rotatable bonds is 5. The van der Waals surface area contributed by atoms with Crippen LogP contribution < -0.4 is 10.1 Å². The Morgan fingerprint density at radius 2 is 2.04 bits per heavy atom. The number of halogens is 1. The summed E-state index contributed by atoms with van der Waals surface area (Å²) in [5.74, 6) is 0.554. The minimum atomic E-state index is -0.803. The number of nitriles is 1. The molecular formula is C18H17ClN2O2. The van der Waals surface area contributed by atoms with Gasteiger partial charge in [-0.2, -0.15) is 5.26 Å². The normalized spacial score (nSPS) is 16.4. The molecule has 0 radical (unpaired) electrons. The molecule has 4 nitrogen and oxygen atoms in total. The highest BCUT2D eigenvalue weighted by Crippen LogP contribution is 2.39. The van der Waals surface area contributed by atoms with Crippen molar-refractivity contribution in [3.05, 3.63) is 41.4 Å². The predicted octanol–water partition coefficient (Wildman–Crippen LogP) is 3.68. The fraction of sp³-hybridized carbons (Fsp3) is 0.333. The van der Waals surface area contributed by atoms with Gasteiger partial charge in [-0.15, -0.1) is 0 Å². The third-order valence-electron chi connectivity index (χ3n) is 4.21. The number of benzene rings is 2. The lowest BCUT2D eigenvalue weighted by Gasteiger charge is -2.22. The molecule has 0 bridgehead atoms. The number of nitrogens with zero attached hydrogens (tertiary/aromatic N) is 1. The highest BCUT2D eigenvalue weighted by Gasteiger charge is 2.43. The van der Waals surface area contributed by atoms with Crippen molar-refractivity contribution in [2.75, 3.05) is 6.61 Å². The van der Waals surface area contributed by atoms with Crippen molar-refractivity contribution in [3.63, 3.8) is 0 Å². The molecule has 0 saturated heterocycles. The molecule has 1 atom stereocenters. The molecule has 1 amide bonds. The van der Waals surface area contributed by atoms with Crippen molar-refractivity contribution in [1.82, 2.24) is 5.32 Å². The Balaban J connectivity index is 1.70. The summed E-state index contributed by atoms with van der Waals surface area (Å²) < 4.78 is 5.65. The van der Waals surface area contributed by atoms with Gasteiger partial charge >= 0.3 is 0 Å². The van der Waals surface area contributed by atoms with Crippen LogP contribution in [0.1, 0.15) is 19.8 Å². The molecule has 3 rings (SSSR count). The summed E-state index contributed by atoms with van der Waals surface area (Å²) in [4.78, 5) is 12.1. The predicted molar refractivity (Wildman–Crippen MR) is 89.3 cm³/mol. The van der Waals surface area contributed by atoms with Crippen LogP contribution in [0.4, 0.5) is 0 Å². The average molecular weight is 329 g/mol. The van der Waals surface area contributed by atoms with E-state index in [1.165, 1.54) is 0 Å². The van der Waals surface area contributed by atoms with Gasteiger partial charge in [0.05, 0.1) is 6.07 Å². The summed E-state index contributed by atoms with van der Waals surface area (Å²) >= 11 is 6.17. The number of nitrogens with one attached hydrogen (secondary N) is 1. The molecule has 0 spiro atoms. The maximum atomic E-state index is 12.1. The second-order valence-corrected chi connectivity index (χ2v) is 6.42. The van der Waals surface area contributed by atoms with Crippen LogP contribution in [0.3, 0.4) is 0 Å². The van der Waals surface area contributed by atoms with Gasteiger partial charge < -0.3 is 10.1 Å². The number of carbonyl (C=O) groups excluding carboxylic acids is 1. The Morgan fingerprint density at radius 1 is 1.35 bits per heavy atom. The van der Waals surface area contributed by atoms with Gasteiger partial charge in [-0.05, 0) is 37.8 Å².